The highest BCUT2D eigenvalue weighted by molar-refractivity contribution is 7.07. The number of rotatable bonds is 5. The highest BCUT2D eigenvalue weighted by Gasteiger charge is 2.17. The molecule has 102 valence electrons. The molecule has 0 saturated heterocycles. The van der Waals surface area contributed by atoms with Gasteiger partial charge in [0.05, 0.1) is 11.7 Å². The molecule has 0 aliphatic carbocycles. The Hall–Kier alpha value is -1.66. The molecular weight excluding hydrogens is 262 g/mol. The number of carbonyl (C=O) groups excluding carboxylic acids is 1. The molecule has 2 heterocycles. The second-order valence-corrected chi connectivity index (χ2v) is 5.36. The first-order valence-electron chi connectivity index (χ1n) is 5.98. The second kappa shape index (κ2) is 5.99. The average molecular weight is 279 g/mol. The number of nitrogens with one attached hydrogen (secondary N) is 1. The van der Waals surface area contributed by atoms with Crippen LogP contribution >= 0.6 is 11.3 Å². The number of likely N-dealkylation sites (N-methyl/N-ethyl adjacent to an activating group) is 1. The van der Waals surface area contributed by atoms with Crippen LogP contribution in [-0.2, 0) is 0 Å². The van der Waals surface area contributed by atoms with E-state index in [0.29, 0.717) is 12.2 Å². The number of aromatic nitrogens is 1. The number of amides is 1. The Labute approximate surface area is 116 Å². The number of thiophene rings is 1. The SMILES string of the molecule is Cc1cc(C(=O)NC[C@@H](c2ccsc2)N(C)C)on1. The van der Waals surface area contributed by atoms with E-state index in [0.717, 1.165) is 0 Å². The van der Waals surface area contributed by atoms with Gasteiger partial charge in [0.1, 0.15) is 0 Å². The van der Waals surface area contributed by atoms with Gasteiger partial charge < -0.3 is 14.7 Å². The third kappa shape index (κ3) is 3.42. The van der Waals surface area contributed by atoms with Gasteiger partial charge in [-0.15, -0.1) is 0 Å². The second-order valence-electron chi connectivity index (χ2n) is 4.58. The molecule has 2 aromatic rings. The van der Waals surface area contributed by atoms with Crippen LogP contribution in [0.3, 0.4) is 0 Å². The summed E-state index contributed by atoms with van der Waals surface area (Å²) in [4.78, 5) is 14.0. The van der Waals surface area contributed by atoms with E-state index >= 15 is 0 Å². The van der Waals surface area contributed by atoms with Crippen molar-refractivity contribution in [3.8, 4) is 0 Å². The van der Waals surface area contributed by atoms with Crippen molar-refractivity contribution in [3.05, 3.63) is 39.9 Å². The fraction of sp³-hybridized carbons (Fsp3) is 0.385. The zero-order valence-corrected chi connectivity index (χ0v) is 12.0. The van der Waals surface area contributed by atoms with Crippen LogP contribution in [0.4, 0.5) is 0 Å². The van der Waals surface area contributed by atoms with Crippen molar-refractivity contribution in [3.63, 3.8) is 0 Å². The summed E-state index contributed by atoms with van der Waals surface area (Å²) < 4.78 is 4.94. The summed E-state index contributed by atoms with van der Waals surface area (Å²) in [6, 6.07) is 3.85. The van der Waals surface area contributed by atoms with Crippen LogP contribution in [0.25, 0.3) is 0 Å². The van der Waals surface area contributed by atoms with Crippen LogP contribution in [0.2, 0.25) is 0 Å². The van der Waals surface area contributed by atoms with Crippen LogP contribution in [0, 0.1) is 6.92 Å². The predicted octanol–water partition coefficient (Wildman–Crippen LogP) is 2.08. The van der Waals surface area contributed by atoms with E-state index < -0.39 is 0 Å². The highest BCUT2D eigenvalue weighted by atomic mass is 32.1. The van der Waals surface area contributed by atoms with Gasteiger partial charge in [0.25, 0.3) is 5.91 Å². The van der Waals surface area contributed by atoms with Gasteiger partial charge in [0.2, 0.25) is 5.76 Å². The fourth-order valence-corrected chi connectivity index (χ4v) is 2.52. The lowest BCUT2D eigenvalue weighted by molar-refractivity contribution is 0.0905. The van der Waals surface area contributed by atoms with E-state index in [1.54, 1.807) is 24.3 Å². The standard InChI is InChI=1S/C13H17N3O2S/c1-9-6-12(18-15-9)13(17)14-7-11(16(2)3)10-4-5-19-8-10/h4-6,8,11H,7H2,1-3H3,(H,14,17)/t11-/m0/s1. The van der Waals surface area contributed by atoms with Crippen molar-refractivity contribution in [1.29, 1.82) is 0 Å². The van der Waals surface area contributed by atoms with Crippen LogP contribution < -0.4 is 5.32 Å². The van der Waals surface area contributed by atoms with Crippen molar-refractivity contribution in [2.24, 2.45) is 0 Å². The monoisotopic (exact) mass is 279 g/mol. The molecule has 1 N–H and O–H groups in total. The van der Waals surface area contributed by atoms with E-state index in [-0.39, 0.29) is 17.7 Å². The summed E-state index contributed by atoms with van der Waals surface area (Å²) in [5.74, 6) is 0.0167. The van der Waals surface area contributed by atoms with Gasteiger partial charge in [-0.2, -0.15) is 11.3 Å². The average Bonchev–Trinajstić information content (AvgIpc) is 3.00. The number of hydrogen-bond acceptors (Lipinski definition) is 5. The first kappa shape index (κ1) is 13.8. The molecule has 2 aromatic heterocycles. The molecule has 0 spiro atoms. The molecule has 0 aliphatic rings. The number of aryl methyl sites for hydroxylation is 1. The largest absolute Gasteiger partial charge is 0.351 e. The van der Waals surface area contributed by atoms with Crippen molar-refractivity contribution in [1.82, 2.24) is 15.4 Å². The third-order valence-electron chi connectivity index (χ3n) is 2.86. The normalized spacial score (nSPS) is 12.6. The maximum Gasteiger partial charge on any atom is 0.289 e. The van der Waals surface area contributed by atoms with E-state index in [1.807, 2.05) is 19.5 Å². The molecule has 0 saturated carbocycles. The Morgan fingerprint density at radius 2 is 2.37 bits per heavy atom. The molecule has 0 radical (unpaired) electrons. The van der Waals surface area contributed by atoms with Crippen LogP contribution in [0.1, 0.15) is 27.9 Å². The summed E-state index contributed by atoms with van der Waals surface area (Å²) in [6.45, 7) is 2.32. The van der Waals surface area contributed by atoms with Gasteiger partial charge in [-0.1, -0.05) is 5.16 Å². The quantitative estimate of drug-likeness (QED) is 0.910. The molecule has 5 nitrogen and oxygen atoms in total. The van der Waals surface area contributed by atoms with Crippen molar-refractivity contribution >= 4 is 17.2 Å². The Kier molecular flexibility index (Phi) is 4.34. The van der Waals surface area contributed by atoms with E-state index in [9.17, 15) is 4.79 Å². The van der Waals surface area contributed by atoms with Crippen LogP contribution in [-0.4, -0.2) is 36.6 Å². The van der Waals surface area contributed by atoms with Gasteiger partial charge in [0.15, 0.2) is 0 Å². The highest BCUT2D eigenvalue weighted by Crippen LogP contribution is 2.20. The predicted molar refractivity (Wildman–Crippen MR) is 74.3 cm³/mol. The molecule has 19 heavy (non-hydrogen) atoms. The molecule has 0 bridgehead atoms. The molecule has 1 atom stereocenters. The maximum absolute atomic E-state index is 11.9. The molecule has 0 aliphatic heterocycles. The Morgan fingerprint density at radius 1 is 1.58 bits per heavy atom. The minimum Gasteiger partial charge on any atom is -0.351 e. The van der Waals surface area contributed by atoms with Crippen molar-refractivity contribution < 1.29 is 9.32 Å². The zero-order chi connectivity index (χ0) is 13.8. The van der Waals surface area contributed by atoms with Crippen LogP contribution in [0.5, 0.6) is 0 Å². The summed E-state index contributed by atoms with van der Waals surface area (Å²) in [5, 5.41) is 10.7. The molecule has 0 aromatic carbocycles. The molecular formula is C13H17N3O2S. The molecule has 6 heteroatoms. The first-order chi connectivity index (χ1) is 9.08. The Balaban J connectivity index is 1.98. The van der Waals surface area contributed by atoms with Gasteiger partial charge in [-0.3, -0.25) is 4.79 Å². The maximum atomic E-state index is 11.9. The van der Waals surface area contributed by atoms with Gasteiger partial charge >= 0.3 is 0 Å². The van der Waals surface area contributed by atoms with E-state index in [1.165, 1.54) is 5.56 Å². The third-order valence-corrected chi connectivity index (χ3v) is 3.56. The number of nitrogens with zero attached hydrogens (tertiary/aromatic N) is 2. The number of carbonyl (C=O) groups is 1. The lowest BCUT2D eigenvalue weighted by Gasteiger charge is -2.23. The topological polar surface area (TPSA) is 58.4 Å². The lowest BCUT2D eigenvalue weighted by atomic mass is 10.1. The summed E-state index contributed by atoms with van der Waals surface area (Å²) in [5.41, 5.74) is 1.90. The molecule has 0 unspecified atom stereocenters. The molecule has 0 fully saturated rings. The van der Waals surface area contributed by atoms with Crippen molar-refractivity contribution in [2.45, 2.75) is 13.0 Å². The minimum absolute atomic E-state index is 0.152. The van der Waals surface area contributed by atoms with Crippen molar-refractivity contribution in [2.75, 3.05) is 20.6 Å². The lowest BCUT2D eigenvalue weighted by Crippen LogP contribution is -2.34. The van der Waals surface area contributed by atoms with E-state index in [4.69, 9.17) is 4.52 Å². The van der Waals surface area contributed by atoms with Gasteiger partial charge in [-0.25, -0.2) is 0 Å². The fourth-order valence-electron chi connectivity index (χ4n) is 1.81. The van der Waals surface area contributed by atoms with E-state index in [2.05, 4.69) is 26.8 Å². The summed E-state index contributed by atoms with van der Waals surface area (Å²) in [6.07, 6.45) is 0. The Bertz CT molecular complexity index is 534. The van der Waals surface area contributed by atoms with Crippen LogP contribution in [0.15, 0.2) is 27.4 Å². The molecule has 1 amide bonds. The zero-order valence-electron chi connectivity index (χ0n) is 11.2. The Morgan fingerprint density at radius 3 is 2.89 bits per heavy atom. The smallest absolute Gasteiger partial charge is 0.289 e. The van der Waals surface area contributed by atoms with Gasteiger partial charge in [0, 0.05) is 12.6 Å². The summed E-state index contributed by atoms with van der Waals surface area (Å²) in [7, 11) is 3.99. The minimum atomic E-state index is -0.234. The van der Waals surface area contributed by atoms with Gasteiger partial charge in [-0.05, 0) is 43.4 Å². The molecule has 2 rings (SSSR count). The number of hydrogen-bond donors (Lipinski definition) is 1. The first-order valence-corrected chi connectivity index (χ1v) is 6.92. The summed E-state index contributed by atoms with van der Waals surface area (Å²) >= 11 is 1.65.